The molecule has 2 rings (SSSR count). The Bertz CT molecular complexity index is 366. The van der Waals surface area contributed by atoms with E-state index in [2.05, 4.69) is 0 Å². The summed E-state index contributed by atoms with van der Waals surface area (Å²) < 4.78 is 0. The first-order valence-electron chi connectivity index (χ1n) is 5.72. The smallest absolute Gasteiger partial charge is 0.256 e. The van der Waals surface area contributed by atoms with E-state index in [1.807, 2.05) is 31.2 Å². The molecule has 0 saturated carbocycles. The Morgan fingerprint density at radius 1 is 1.25 bits per heavy atom. The monoisotopic (exact) mass is 219 g/mol. The van der Waals surface area contributed by atoms with Gasteiger partial charge in [-0.25, -0.2) is 0 Å². The van der Waals surface area contributed by atoms with Gasteiger partial charge in [0.05, 0.1) is 0 Å². The van der Waals surface area contributed by atoms with Crippen LogP contribution in [-0.4, -0.2) is 29.0 Å². The standard InChI is InChI=1S/C13H17NO2/c1-10-4-6-11(7-5-10)12(15)13(16)14-8-2-3-9-14/h4-7,12,15H,2-3,8-9H2,1H3. The fourth-order valence-electron chi connectivity index (χ4n) is 2.00. The van der Waals surface area contributed by atoms with Crippen LogP contribution in [0, 0.1) is 6.92 Å². The Morgan fingerprint density at radius 2 is 1.81 bits per heavy atom. The van der Waals surface area contributed by atoms with Gasteiger partial charge in [0.15, 0.2) is 6.10 Å². The van der Waals surface area contributed by atoms with Crippen LogP contribution >= 0.6 is 0 Å². The molecule has 1 amide bonds. The number of rotatable bonds is 2. The lowest BCUT2D eigenvalue weighted by Crippen LogP contribution is -2.32. The van der Waals surface area contributed by atoms with Crippen molar-refractivity contribution in [3.8, 4) is 0 Å². The zero-order valence-corrected chi connectivity index (χ0v) is 9.52. The highest BCUT2D eigenvalue weighted by Crippen LogP contribution is 2.19. The molecule has 3 heteroatoms. The molecule has 1 aliphatic rings. The van der Waals surface area contributed by atoms with Gasteiger partial charge in [-0.2, -0.15) is 0 Å². The minimum atomic E-state index is -1.00. The Balaban J connectivity index is 2.08. The van der Waals surface area contributed by atoms with Crippen LogP contribution in [0.25, 0.3) is 0 Å². The molecule has 1 unspecified atom stereocenters. The molecular weight excluding hydrogens is 202 g/mol. The normalized spacial score (nSPS) is 17.5. The molecule has 1 heterocycles. The Kier molecular flexibility index (Phi) is 3.25. The molecule has 0 radical (unpaired) electrons. The van der Waals surface area contributed by atoms with E-state index in [1.54, 1.807) is 4.90 Å². The highest BCUT2D eigenvalue weighted by Gasteiger charge is 2.25. The molecule has 1 saturated heterocycles. The van der Waals surface area contributed by atoms with E-state index in [4.69, 9.17) is 0 Å². The Labute approximate surface area is 95.7 Å². The van der Waals surface area contributed by atoms with Gasteiger partial charge >= 0.3 is 0 Å². The first-order valence-corrected chi connectivity index (χ1v) is 5.72. The lowest BCUT2D eigenvalue weighted by atomic mass is 10.1. The van der Waals surface area contributed by atoms with E-state index in [9.17, 15) is 9.90 Å². The SMILES string of the molecule is Cc1ccc(C(O)C(=O)N2CCCC2)cc1. The predicted octanol–water partition coefficient (Wildman–Crippen LogP) is 1.65. The number of hydrogen-bond acceptors (Lipinski definition) is 2. The summed E-state index contributed by atoms with van der Waals surface area (Å²) in [6.45, 7) is 3.54. The Hall–Kier alpha value is -1.35. The topological polar surface area (TPSA) is 40.5 Å². The maximum Gasteiger partial charge on any atom is 0.256 e. The van der Waals surface area contributed by atoms with Gasteiger partial charge in [0.1, 0.15) is 0 Å². The highest BCUT2D eigenvalue weighted by molar-refractivity contribution is 5.82. The molecule has 3 nitrogen and oxygen atoms in total. The van der Waals surface area contributed by atoms with Gasteiger partial charge < -0.3 is 10.0 Å². The van der Waals surface area contributed by atoms with Crippen molar-refractivity contribution < 1.29 is 9.90 Å². The number of aliphatic hydroxyl groups excluding tert-OH is 1. The molecular formula is C13H17NO2. The zero-order valence-electron chi connectivity index (χ0n) is 9.52. The average molecular weight is 219 g/mol. The molecule has 0 bridgehead atoms. The first kappa shape index (κ1) is 11.1. The molecule has 1 atom stereocenters. The molecule has 86 valence electrons. The molecule has 0 aliphatic carbocycles. The van der Waals surface area contributed by atoms with Crippen LogP contribution in [0.2, 0.25) is 0 Å². The molecule has 1 N–H and O–H groups in total. The zero-order chi connectivity index (χ0) is 11.5. The van der Waals surface area contributed by atoms with Gasteiger partial charge in [-0.15, -0.1) is 0 Å². The van der Waals surface area contributed by atoms with E-state index < -0.39 is 6.10 Å². The second-order valence-corrected chi connectivity index (χ2v) is 4.35. The number of amides is 1. The largest absolute Gasteiger partial charge is 0.378 e. The third-order valence-electron chi connectivity index (χ3n) is 3.04. The van der Waals surface area contributed by atoms with E-state index in [1.165, 1.54) is 0 Å². The van der Waals surface area contributed by atoms with Crippen molar-refractivity contribution in [2.45, 2.75) is 25.9 Å². The average Bonchev–Trinajstić information content (AvgIpc) is 2.81. The Morgan fingerprint density at radius 3 is 2.38 bits per heavy atom. The number of carbonyl (C=O) groups is 1. The van der Waals surface area contributed by atoms with E-state index in [0.717, 1.165) is 31.5 Å². The maximum absolute atomic E-state index is 11.9. The van der Waals surface area contributed by atoms with Gasteiger partial charge in [0.2, 0.25) is 0 Å². The van der Waals surface area contributed by atoms with E-state index in [-0.39, 0.29) is 5.91 Å². The number of hydrogen-bond donors (Lipinski definition) is 1. The van der Waals surface area contributed by atoms with Crippen LogP contribution in [-0.2, 0) is 4.79 Å². The molecule has 16 heavy (non-hydrogen) atoms. The van der Waals surface area contributed by atoms with E-state index >= 15 is 0 Å². The number of carbonyl (C=O) groups excluding carboxylic acids is 1. The lowest BCUT2D eigenvalue weighted by molar-refractivity contribution is -0.139. The fraction of sp³-hybridized carbons (Fsp3) is 0.462. The van der Waals surface area contributed by atoms with Crippen LogP contribution in [0.15, 0.2) is 24.3 Å². The van der Waals surface area contributed by atoms with Crippen LogP contribution in [0.1, 0.15) is 30.1 Å². The summed E-state index contributed by atoms with van der Waals surface area (Å²) in [6, 6.07) is 7.45. The number of nitrogens with zero attached hydrogens (tertiary/aromatic N) is 1. The van der Waals surface area contributed by atoms with Crippen molar-refractivity contribution in [1.29, 1.82) is 0 Å². The second-order valence-electron chi connectivity index (χ2n) is 4.35. The number of aryl methyl sites for hydroxylation is 1. The predicted molar refractivity (Wildman–Crippen MR) is 62.0 cm³/mol. The second kappa shape index (κ2) is 4.66. The van der Waals surface area contributed by atoms with Crippen molar-refractivity contribution in [3.05, 3.63) is 35.4 Å². The molecule has 0 aromatic heterocycles. The minimum Gasteiger partial charge on any atom is -0.378 e. The minimum absolute atomic E-state index is 0.165. The van der Waals surface area contributed by atoms with Crippen molar-refractivity contribution in [1.82, 2.24) is 4.90 Å². The third kappa shape index (κ3) is 2.25. The molecule has 1 aromatic carbocycles. The number of likely N-dealkylation sites (tertiary alicyclic amines) is 1. The van der Waals surface area contributed by atoms with Crippen molar-refractivity contribution in [3.63, 3.8) is 0 Å². The first-order chi connectivity index (χ1) is 7.68. The summed E-state index contributed by atoms with van der Waals surface area (Å²) in [5.74, 6) is -0.165. The summed E-state index contributed by atoms with van der Waals surface area (Å²) in [4.78, 5) is 13.6. The molecule has 1 aromatic rings. The quantitative estimate of drug-likeness (QED) is 0.821. The molecule has 1 aliphatic heterocycles. The van der Waals surface area contributed by atoms with Crippen LogP contribution in [0.5, 0.6) is 0 Å². The third-order valence-corrected chi connectivity index (χ3v) is 3.04. The van der Waals surface area contributed by atoms with Crippen molar-refractivity contribution >= 4 is 5.91 Å². The van der Waals surface area contributed by atoms with Gasteiger partial charge in [-0.05, 0) is 25.3 Å². The van der Waals surface area contributed by atoms with E-state index in [0.29, 0.717) is 5.56 Å². The van der Waals surface area contributed by atoms with Crippen molar-refractivity contribution in [2.75, 3.05) is 13.1 Å². The van der Waals surface area contributed by atoms with Gasteiger partial charge in [-0.3, -0.25) is 4.79 Å². The summed E-state index contributed by atoms with van der Waals surface area (Å²) in [5, 5.41) is 9.95. The fourth-order valence-corrected chi connectivity index (χ4v) is 2.00. The summed E-state index contributed by atoms with van der Waals surface area (Å²) in [7, 11) is 0. The number of benzene rings is 1. The summed E-state index contributed by atoms with van der Waals surface area (Å²) in [6.07, 6.45) is 1.09. The lowest BCUT2D eigenvalue weighted by Gasteiger charge is -2.19. The van der Waals surface area contributed by atoms with Crippen LogP contribution < -0.4 is 0 Å². The van der Waals surface area contributed by atoms with Gasteiger partial charge in [-0.1, -0.05) is 29.8 Å². The van der Waals surface area contributed by atoms with Crippen molar-refractivity contribution in [2.24, 2.45) is 0 Å². The van der Waals surface area contributed by atoms with Gasteiger partial charge in [0.25, 0.3) is 5.91 Å². The molecule has 1 fully saturated rings. The number of aliphatic hydroxyl groups is 1. The van der Waals surface area contributed by atoms with Crippen LogP contribution in [0.3, 0.4) is 0 Å². The van der Waals surface area contributed by atoms with Gasteiger partial charge in [0, 0.05) is 13.1 Å². The maximum atomic E-state index is 11.9. The molecule has 0 spiro atoms. The summed E-state index contributed by atoms with van der Waals surface area (Å²) in [5.41, 5.74) is 1.81. The van der Waals surface area contributed by atoms with Crippen LogP contribution in [0.4, 0.5) is 0 Å². The highest BCUT2D eigenvalue weighted by atomic mass is 16.3. The summed E-state index contributed by atoms with van der Waals surface area (Å²) >= 11 is 0.